The lowest BCUT2D eigenvalue weighted by Gasteiger charge is -2.29. The van der Waals surface area contributed by atoms with Gasteiger partial charge in [0.1, 0.15) is 11.9 Å². The first-order valence-electron chi connectivity index (χ1n) is 9.06. The van der Waals surface area contributed by atoms with Crippen molar-refractivity contribution in [2.75, 3.05) is 49.2 Å². The van der Waals surface area contributed by atoms with Gasteiger partial charge >= 0.3 is 6.09 Å². The first-order chi connectivity index (χ1) is 12.7. The van der Waals surface area contributed by atoms with E-state index in [1.54, 1.807) is 4.90 Å². The second-order valence-corrected chi connectivity index (χ2v) is 5.47. The van der Waals surface area contributed by atoms with Crippen LogP contribution in [-0.2, 0) is 14.3 Å². The van der Waals surface area contributed by atoms with E-state index < -0.39 is 36.5 Å². The molecule has 0 spiro atoms. The van der Waals surface area contributed by atoms with Crippen LogP contribution < -0.4 is 15.1 Å². The first-order valence-corrected chi connectivity index (χ1v) is 7.61. The van der Waals surface area contributed by atoms with Gasteiger partial charge in [-0.15, -0.1) is 0 Å². The Hall–Kier alpha value is -2.35. The third kappa shape index (κ3) is 3.59. The second-order valence-electron chi connectivity index (χ2n) is 5.47. The van der Waals surface area contributed by atoms with Crippen molar-refractivity contribution in [2.24, 2.45) is 0 Å². The molecule has 1 N–H and O–H groups in total. The molecule has 2 aliphatic rings. The molecule has 2 aliphatic heterocycles. The van der Waals surface area contributed by atoms with Crippen molar-refractivity contribution in [1.82, 2.24) is 5.31 Å². The van der Waals surface area contributed by atoms with Crippen molar-refractivity contribution in [3.63, 3.8) is 0 Å². The van der Waals surface area contributed by atoms with Crippen molar-refractivity contribution in [3.8, 4) is 0 Å². The summed E-state index contributed by atoms with van der Waals surface area (Å²) in [6, 6.07) is 2.44. The largest absolute Gasteiger partial charge is 0.442 e. The van der Waals surface area contributed by atoms with E-state index in [1.165, 1.54) is 12.1 Å². The summed E-state index contributed by atoms with van der Waals surface area (Å²) in [7, 11) is 0. The molecule has 1 atom stereocenters. The number of morpholine rings is 1. The van der Waals surface area contributed by atoms with E-state index >= 15 is 0 Å². The molecule has 130 valence electrons. The molecule has 2 fully saturated rings. The Morgan fingerprint density at radius 2 is 2.29 bits per heavy atom. The molecule has 2 heterocycles. The van der Waals surface area contributed by atoms with E-state index in [0.29, 0.717) is 31.6 Å². The van der Waals surface area contributed by atoms with E-state index in [-0.39, 0.29) is 17.9 Å². The first kappa shape index (κ1) is 13.0. The lowest BCUT2D eigenvalue weighted by atomic mass is 10.2. The van der Waals surface area contributed by atoms with E-state index in [9.17, 15) is 14.0 Å². The van der Waals surface area contributed by atoms with Crippen LogP contribution in [0, 0.1) is 5.82 Å². The third-order valence-electron chi connectivity index (χ3n) is 3.77. The fraction of sp³-hybridized carbons (Fsp3) is 0.500. The number of amides is 2. The summed E-state index contributed by atoms with van der Waals surface area (Å²) >= 11 is 0. The van der Waals surface area contributed by atoms with E-state index in [2.05, 4.69) is 0 Å². The van der Waals surface area contributed by atoms with Crippen molar-refractivity contribution in [3.05, 3.63) is 24.0 Å². The number of hydrogen-bond donors (Lipinski definition) is 1. The van der Waals surface area contributed by atoms with Crippen LogP contribution in [-0.4, -0.2) is 57.5 Å². The normalized spacial score (nSPS) is 25.8. The van der Waals surface area contributed by atoms with Crippen LogP contribution in [0.4, 0.5) is 20.6 Å². The molecule has 24 heavy (non-hydrogen) atoms. The lowest BCUT2D eigenvalue weighted by Crippen LogP contribution is -2.36. The second kappa shape index (κ2) is 7.04. The minimum Gasteiger partial charge on any atom is -0.442 e. The quantitative estimate of drug-likeness (QED) is 0.889. The van der Waals surface area contributed by atoms with E-state index in [0.717, 1.165) is 11.8 Å². The Labute approximate surface area is 143 Å². The van der Waals surface area contributed by atoms with Gasteiger partial charge in [0.05, 0.1) is 40.4 Å². The molecule has 0 saturated carbocycles. The highest BCUT2D eigenvalue weighted by molar-refractivity contribution is 5.90. The molecule has 1 aromatic rings. The highest BCUT2D eigenvalue weighted by atomic mass is 19.1. The maximum absolute atomic E-state index is 14.8. The average Bonchev–Trinajstić information content (AvgIpc) is 2.92. The molecule has 3 rings (SSSR count). The monoisotopic (exact) mass is 340 g/mol. The predicted molar refractivity (Wildman–Crippen MR) is 85.7 cm³/mol. The molecule has 1 aromatic carbocycles. The summed E-state index contributed by atoms with van der Waals surface area (Å²) in [6.07, 6.45) is -2.79. The van der Waals surface area contributed by atoms with Gasteiger partial charge in [0.25, 0.3) is 0 Å². The smallest absolute Gasteiger partial charge is 0.414 e. The number of nitrogens with zero attached hydrogens (tertiary/aromatic N) is 2. The van der Waals surface area contributed by atoms with Crippen LogP contribution in [0.3, 0.4) is 0 Å². The Morgan fingerprint density at radius 3 is 3.00 bits per heavy atom. The zero-order valence-corrected chi connectivity index (χ0v) is 13.2. The molecule has 0 radical (unpaired) electrons. The minimum absolute atomic E-state index is 0.0250. The molecule has 7 nitrogen and oxygen atoms in total. The summed E-state index contributed by atoms with van der Waals surface area (Å²) in [6.45, 7) is 2.32. The summed E-state index contributed by atoms with van der Waals surface area (Å²) in [5.74, 6) is -1.37. The number of benzene rings is 1. The molecule has 0 bridgehead atoms. The third-order valence-corrected chi connectivity index (χ3v) is 3.77. The van der Waals surface area contributed by atoms with E-state index in [1.807, 2.05) is 0 Å². The van der Waals surface area contributed by atoms with Gasteiger partial charge in [-0.25, -0.2) is 9.18 Å². The molecule has 2 amide bonds. The zero-order chi connectivity index (χ0) is 19.8. The number of cyclic esters (lactones) is 1. The van der Waals surface area contributed by atoms with Gasteiger partial charge in [-0.1, -0.05) is 0 Å². The molecule has 8 heteroatoms. The van der Waals surface area contributed by atoms with Gasteiger partial charge in [-0.3, -0.25) is 9.69 Å². The van der Waals surface area contributed by atoms with Crippen LogP contribution in [0.1, 0.15) is 9.67 Å². The fourth-order valence-electron chi connectivity index (χ4n) is 2.57. The van der Waals surface area contributed by atoms with Crippen molar-refractivity contribution in [1.29, 1.82) is 0 Å². The fourth-order valence-corrected chi connectivity index (χ4v) is 2.57. The van der Waals surface area contributed by atoms with Gasteiger partial charge < -0.3 is 19.7 Å². The number of halogens is 1. The summed E-state index contributed by atoms with van der Waals surface area (Å²) in [5, 5.41) is 0.521. The molecule has 0 aromatic heterocycles. The van der Waals surface area contributed by atoms with Gasteiger partial charge in [0.15, 0.2) is 1.41 Å². The summed E-state index contributed by atoms with van der Waals surface area (Å²) in [4.78, 5) is 26.1. The van der Waals surface area contributed by atoms with E-state index in [4.69, 9.17) is 13.6 Å². The Kier molecular flexibility index (Phi) is 3.81. The van der Waals surface area contributed by atoms with Gasteiger partial charge in [0.2, 0.25) is 5.91 Å². The van der Waals surface area contributed by atoms with Crippen LogP contribution in [0.2, 0.25) is 1.41 Å². The topological polar surface area (TPSA) is 71.1 Å². The minimum atomic E-state index is -1.86. The zero-order valence-electron chi connectivity index (χ0n) is 16.2. The number of anilines is 2. The number of carbonyl (C=O) groups is 2. The Balaban J connectivity index is 1.83. The van der Waals surface area contributed by atoms with Gasteiger partial charge in [0, 0.05) is 20.0 Å². The molecular weight excluding hydrogens is 317 g/mol. The highest BCUT2D eigenvalue weighted by Gasteiger charge is 2.32. The summed E-state index contributed by atoms with van der Waals surface area (Å²) < 4.78 is 48.8. The number of hydrogen-bond acceptors (Lipinski definition) is 5. The summed E-state index contributed by atoms with van der Waals surface area (Å²) in [5.41, 5.74) is 0.230. The van der Waals surface area contributed by atoms with Crippen LogP contribution in [0.15, 0.2) is 18.2 Å². The predicted octanol–water partition coefficient (Wildman–Crippen LogP) is 1.12. The number of rotatable bonds is 4. The van der Waals surface area contributed by atoms with Gasteiger partial charge in [-0.2, -0.15) is 0 Å². The lowest BCUT2D eigenvalue weighted by molar-refractivity contribution is -0.119. The van der Waals surface area contributed by atoms with Crippen LogP contribution >= 0.6 is 0 Å². The Morgan fingerprint density at radius 1 is 1.54 bits per heavy atom. The SMILES string of the molecule is [2H]c1c(N2C[C@]([2H])(CN([2H])C(C)=O)OC2=O)ccc(N2CCOCC2)c1F. The van der Waals surface area contributed by atoms with Crippen molar-refractivity contribution in [2.45, 2.75) is 13.0 Å². The number of carbonyl (C=O) groups excluding carboxylic acids is 2. The van der Waals surface area contributed by atoms with Crippen LogP contribution in [0.25, 0.3) is 0 Å². The maximum Gasteiger partial charge on any atom is 0.414 e. The Bertz CT molecular complexity index is 763. The van der Waals surface area contributed by atoms with Crippen LogP contribution in [0.5, 0.6) is 0 Å². The highest BCUT2D eigenvalue weighted by Crippen LogP contribution is 2.28. The maximum atomic E-state index is 14.8. The molecule has 0 unspecified atom stereocenters. The number of nitrogens with one attached hydrogen (secondary N) is 1. The molecule has 2 saturated heterocycles. The number of ether oxygens (including phenoxy) is 2. The van der Waals surface area contributed by atoms with Crippen molar-refractivity contribution >= 4 is 23.4 Å². The van der Waals surface area contributed by atoms with Crippen molar-refractivity contribution < 1.29 is 27.6 Å². The van der Waals surface area contributed by atoms with Gasteiger partial charge in [-0.05, 0) is 18.2 Å². The molecule has 0 aliphatic carbocycles. The average molecular weight is 340 g/mol. The molecular formula is C16H20FN3O4. The standard InChI is InChI=1S/C16H20FN3O4/c1-11(21)18-9-13-10-20(16(22)24-13)12-2-3-15(14(17)8-12)19-4-6-23-7-5-19/h2-3,8,13H,4-7,9-10H2,1H3,(H,18,21)/t13-/m0/s1/i8D,13D/hD.